The lowest BCUT2D eigenvalue weighted by Crippen LogP contribution is -2.41. The summed E-state index contributed by atoms with van der Waals surface area (Å²) in [7, 11) is 0. The maximum absolute atomic E-state index is 12.0. The molecule has 3 N–H and O–H groups in total. The van der Waals surface area contributed by atoms with E-state index in [0.29, 0.717) is 31.2 Å². The van der Waals surface area contributed by atoms with Crippen molar-refractivity contribution in [3.63, 3.8) is 0 Å². The second-order valence-electron chi connectivity index (χ2n) is 5.81. The average Bonchev–Trinajstić information content (AvgIpc) is 3.17. The van der Waals surface area contributed by atoms with Crippen LogP contribution in [0.25, 0.3) is 0 Å². The molecule has 142 valence electrons. The SMILES string of the molecule is CCNC(=NCc1ccc2c(c1)OCO2)NCCNC(=O)c1cccnc1. The molecule has 8 nitrogen and oxygen atoms in total. The summed E-state index contributed by atoms with van der Waals surface area (Å²) in [6.07, 6.45) is 3.18. The number of hydrogen-bond acceptors (Lipinski definition) is 5. The molecule has 0 aliphatic carbocycles. The number of ether oxygens (including phenoxy) is 2. The van der Waals surface area contributed by atoms with Gasteiger partial charge in [-0.3, -0.25) is 9.78 Å². The molecule has 1 aliphatic heterocycles. The molecule has 0 radical (unpaired) electrons. The van der Waals surface area contributed by atoms with Gasteiger partial charge in [0.25, 0.3) is 5.91 Å². The predicted molar refractivity (Wildman–Crippen MR) is 102 cm³/mol. The number of benzene rings is 1. The van der Waals surface area contributed by atoms with Gasteiger partial charge in [-0.1, -0.05) is 6.07 Å². The molecule has 3 rings (SSSR count). The number of fused-ring (bicyclic) bond motifs is 1. The molecule has 1 amide bonds. The highest BCUT2D eigenvalue weighted by molar-refractivity contribution is 5.93. The van der Waals surface area contributed by atoms with Gasteiger partial charge in [0.1, 0.15) is 0 Å². The third kappa shape index (κ3) is 5.34. The number of pyridine rings is 1. The normalized spacial score (nSPS) is 12.6. The lowest BCUT2D eigenvalue weighted by atomic mass is 10.2. The van der Waals surface area contributed by atoms with E-state index in [2.05, 4.69) is 25.9 Å². The van der Waals surface area contributed by atoms with Crippen molar-refractivity contribution in [2.24, 2.45) is 4.99 Å². The van der Waals surface area contributed by atoms with Gasteiger partial charge in [-0.15, -0.1) is 0 Å². The topological polar surface area (TPSA) is 96.9 Å². The first kappa shape index (κ1) is 18.5. The van der Waals surface area contributed by atoms with E-state index < -0.39 is 0 Å². The summed E-state index contributed by atoms with van der Waals surface area (Å²) in [6.45, 7) is 4.54. The summed E-state index contributed by atoms with van der Waals surface area (Å²) >= 11 is 0. The zero-order valence-corrected chi connectivity index (χ0v) is 15.2. The summed E-state index contributed by atoms with van der Waals surface area (Å²) in [5, 5.41) is 9.23. The number of amides is 1. The number of guanidine groups is 1. The second kappa shape index (κ2) is 9.42. The van der Waals surface area contributed by atoms with Crippen LogP contribution in [0.4, 0.5) is 0 Å². The minimum atomic E-state index is -0.146. The minimum Gasteiger partial charge on any atom is -0.454 e. The van der Waals surface area contributed by atoms with Crippen molar-refractivity contribution >= 4 is 11.9 Å². The molecule has 27 heavy (non-hydrogen) atoms. The third-order valence-corrected chi connectivity index (χ3v) is 3.83. The Morgan fingerprint density at radius 2 is 2.00 bits per heavy atom. The van der Waals surface area contributed by atoms with Gasteiger partial charge in [-0.2, -0.15) is 0 Å². The van der Waals surface area contributed by atoms with Crippen LogP contribution >= 0.6 is 0 Å². The van der Waals surface area contributed by atoms with Crippen molar-refractivity contribution in [1.82, 2.24) is 20.9 Å². The Bertz CT molecular complexity index is 795. The summed E-state index contributed by atoms with van der Waals surface area (Å²) < 4.78 is 10.7. The summed E-state index contributed by atoms with van der Waals surface area (Å²) in [4.78, 5) is 20.5. The van der Waals surface area contributed by atoms with Crippen molar-refractivity contribution in [2.75, 3.05) is 26.4 Å². The molecule has 0 fully saturated rings. The predicted octanol–water partition coefficient (Wildman–Crippen LogP) is 1.30. The Hall–Kier alpha value is -3.29. The molecule has 2 heterocycles. The summed E-state index contributed by atoms with van der Waals surface area (Å²) in [5.74, 6) is 2.05. The number of rotatable bonds is 7. The number of carbonyl (C=O) groups excluding carboxylic acids is 1. The van der Waals surface area contributed by atoms with Gasteiger partial charge in [0.2, 0.25) is 6.79 Å². The molecule has 1 aliphatic rings. The summed E-state index contributed by atoms with van der Waals surface area (Å²) in [5.41, 5.74) is 1.57. The van der Waals surface area contributed by atoms with E-state index in [1.54, 1.807) is 24.5 Å². The molecule has 0 saturated carbocycles. The Kier molecular flexibility index (Phi) is 6.45. The minimum absolute atomic E-state index is 0.146. The lowest BCUT2D eigenvalue weighted by molar-refractivity contribution is 0.0954. The molecule has 0 atom stereocenters. The number of carbonyl (C=O) groups is 1. The Balaban J connectivity index is 1.47. The highest BCUT2D eigenvalue weighted by Crippen LogP contribution is 2.32. The molecule has 0 unspecified atom stereocenters. The van der Waals surface area contributed by atoms with Crippen molar-refractivity contribution in [1.29, 1.82) is 0 Å². The van der Waals surface area contributed by atoms with Gasteiger partial charge in [-0.05, 0) is 36.8 Å². The van der Waals surface area contributed by atoms with Crippen LogP contribution in [0.1, 0.15) is 22.8 Å². The van der Waals surface area contributed by atoms with Crippen LogP contribution in [0.2, 0.25) is 0 Å². The first-order valence-electron chi connectivity index (χ1n) is 8.85. The highest BCUT2D eigenvalue weighted by Gasteiger charge is 2.13. The molecule has 0 bridgehead atoms. The molecule has 8 heteroatoms. The van der Waals surface area contributed by atoms with E-state index in [1.165, 1.54) is 0 Å². The summed E-state index contributed by atoms with van der Waals surface area (Å²) in [6, 6.07) is 9.26. The van der Waals surface area contributed by atoms with Crippen molar-refractivity contribution < 1.29 is 14.3 Å². The monoisotopic (exact) mass is 369 g/mol. The highest BCUT2D eigenvalue weighted by atomic mass is 16.7. The number of nitrogens with zero attached hydrogens (tertiary/aromatic N) is 2. The van der Waals surface area contributed by atoms with E-state index in [1.807, 2.05) is 25.1 Å². The van der Waals surface area contributed by atoms with Crippen LogP contribution in [0.5, 0.6) is 11.5 Å². The van der Waals surface area contributed by atoms with Crippen LogP contribution in [-0.4, -0.2) is 43.3 Å². The van der Waals surface area contributed by atoms with Gasteiger partial charge in [0.15, 0.2) is 17.5 Å². The van der Waals surface area contributed by atoms with Gasteiger partial charge >= 0.3 is 0 Å². The van der Waals surface area contributed by atoms with Gasteiger partial charge in [0, 0.05) is 32.0 Å². The van der Waals surface area contributed by atoms with Crippen LogP contribution in [-0.2, 0) is 6.54 Å². The standard InChI is InChI=1S/C19H23N5O3/c1-2-21-19(23-9-8-22-18(25)15-4-3-7-20-12-15)24-11-14-5-6-16-17(10-14)27-13-26-16/h3-7,10,12H,2,8-9,11,13H2,1H3,(H,22,25)(H2,21,23,24). The third-order valence-electron chi connectivity index (χ3n) is 3.83. The maximum Gasteiger partial charge on any atom is 0.252 e. The molecule has 1 aromatic carbocycles. The molecule has 1 aromatic heterocycles. The van der Waals surface area contributed by atoms with Gasteiger partial charge in [0.05, 0.1) is 12.1 Å². The molecule has 0 saturated heterocycles. The number of nitrogens with one attached hydrogen (secondary N) is 3. The van der Waals surface area contributed by atoms with E-state index >= 15 is 0 Å². The molecular formula is C19H23N5O3. The smallest absolute Gasteiger partial charge is 0.252 e. The lowest BCUT2D eigenvalue weighted by Gasteiger charge is -2.12. The molecule has 2 aromatic rings. The van der Waals surface area contributed by atoms with Gasteiger partial charge in [-0.25, -0.2) is 4.99 Å². The zero-order chi connectivity index (χ0) is 18.9. The van der Waals surface area contributed by atoms with Crippen molar-refractivity contribution in [3.8, 4) is 11.5 Å². The van der Waals surface area contributed by atoms with E-state index in [9.17, 15) is 4.79 Å². The van der Waals surface area contributed by atoms with E-state index in [-0.39, 0.29) is 12.7 Å². The fourth-order valence-electron chi connectivity index (χ4n) is 2.51. The Morgan fingerprint density at radius 1 is 1.15 bits per heavy atom. The quantitative estimate of drug-likeness (QED) is 0.387. The average molecular weight is 369 g/mol. The molecular weight excluding hydrogens is 346 g/mol. The Labute approximate surface area is 158 Å². The van der Waals surface area contributed by atoms with Crippen LogP contribution in [0, 0.1) is 0 Å². The van der Waals surface area contributed by atoms with Crippen LogP contribution in [0.3, 0.4) is 0 Å². The zero-order valence-electron chi connectivity index (χ0n) is 15.2. The van der Waals surface area contributed by atoms with Crippen LogP contribution in [0.15, 0.2) is 47.7 Å². The number of aliphatic imine (C=N–C) groups is 1. The fraction of sp³-hybridized carbons (Fsp3) is 0.316. The van der Waals surface area contributed by atoms with E-state index in [0.717, 1.165) is 23.6 Å². The largest absolute Gasteiger partial charge is 0.454 e. The number of aromatic nitrogens is 1. The van der Waals surface area contributed by atoms with Crippen molar-refractivity contribution in [3.05, 3.63) is 53.9 Å². The fourth-order valence-corrected chi connectivity index (χ4v) is 2.51. The number of hydrogen-bond donors (Lipinski definition) is 3. The first-order chi connectivity index (χ1) is 13.3. The van der Waals surface area contributed by atoms with Crippen LogP contribution < -0.4 is 25.4 Å². The Morgan fingerprint density at radius 3 is 2.81 bits per heavy atom. The van der Waals surface area contributed by atoms with E-state index in [4.69, 9.17) is 9.47 Å². The second-order valence-corrected chi connectivity index (χ2v) is 5.81. The molecule has 0 spiro atoms. The van der Waals surface area contributed by atoms with Crippen molar-refractivity contribution in [2.45, 2.75) is 13.5 Å². The first-order valence-corrected chi connectivity index (χ1v) is 8.85. The maximum atomic E-state index is 12.0. The van der Waals surface area contributed by atoms with Gasteiger partial charge < -0.3 is 25.4 Å².